The number of hydroxylamine groups is 2. The Morgan fingerprint density at radius 2 is 1.13 bits per heavy atom. The summed E-state index contributed by atoms with van der Waals surface area (Å²) >= 11 is 0. The maximum Gasteiger partial charge on any atom is 0.534 e. The van der Waals surface area contributed by atoms with Crippen LogP contribution in [0.2, 0.25) is 0 Å². The molecule has 4 aromatic rings. The molecule has 0 aromatic heterocycles. The van der Waals surface area contributed by atoms with Crippen molar-refractivity contribution in [3.8, 4) is 5.75 Å². The second kappa shape index (κ2) is 16.0. The maximum absolute atomic E-state index is 15.0. The van der Waals surface area contributed by atoms with E-state index in [1.165, 1.54) is 0 Å². The van der Waals surface area contributed by atoms with Crippen LogP contribution in [0.1, 0.15) is 43.9 Å². The number of para-hydroxylation sites is 1. The molecule has 0 radical (unpaired) electrons. The summed E-state index contributed by atoms with van der Waals surface area (Å²) in [6, 6.07) is 36.0. The number of hydrogen-bond donors (Lipinski definition) is 0. The molecule has 45 heavy (non-hydrogen) atoms. The molecule has 0 aliphatic heterocycles. The van der Waals surface area contributed by atoms with Gasteiger partial charge in [-0.1, -0.05) is 109 Å². The normalized spacial score (nSPS) is 12.2. The Kier molecular flexibility index (Phi) is 11.9. The molecule has 4 aromatic carbocycles. The van der Waals surface area contributed by atoms with Crippen molar-refractivity contribution in [3.63, 3.8) is 0 Å². The molecule has 0 saturated heterocycles. The van der Waals surface area contributed by atoms with E-state index in [0.29, 0.717) is 11.5 Å². The minimum atomic E-state index is -4.33. The topological polar surface area (TPSA) is 101 Å². The predicted octanol–water partition coefficient (Wildman–Crippen LogP) is 8.94. The number of aryl methyl sites for hydroxylation is 1. The summed E-state index contributed by atoms with van der Waals surface area (Å²) in [4.78, 5) is 32.4. The highest BCUT2D eigenvalue weighted by molar-refractivity contribution is 7.54. The Labute approximate surface area is 264 Å². The smallest absolute Gasteiger partial charge is 0.427 e. The van der Waals surface area contributed by atoms with E-state index in [0.717, 1.165) is 16.7 Å². The molecule has 0 bridgehead atoms. The lowest BCUT2D eigenvalue weighted by Gasteiger charge is -2.34. The molecule has 0 N–H and O–H groups in total. The van der Waals surface area contributed by atoms with Gasteiger partial charge in [0.2, 0.25) is 0 Å². The molecule has 10 heteroatoms. The average Bonchev–Trinajstić information content (AvgIpc) is 3.03. The lowest BCUT2D eigenvalue weighted by atomic mass is 10.1. The first-order valence-corrected chi connectivity index (χ1v) is 16.2. The fourth-order valence-corrected chi connectivity index (χ4v) is 6.15. The summed E-state index contributed by atoms with van der Waals surface area (Å²) in [7, 11) is -4.33. The van der Waals surface area contributed by atoms with E-state index < -0.39 is 31.2 Å². The van der Waals surface area contributed by atoms with Gasteiger partial charge in [0.1, 0.15) is 11.4 Å². The van der Waals surface area contributed by atoms with Gasteiger partial charge in [-0.2, -0.15) is 0 Å². The van der Waals surface area contributed by atoms with Crippen molar-refractivity contribution in [2.75, 3.05) is 0 Å². The van der Waals surface area contributed by atoms with E-state index in [1.54, 1.807) is 51.1 Å². The Morgan fingerprint density at radius 1 is 0.689 bits per heavy atom. The van der Waals surface area contributed by atoms with Crippen LogP contribution in [0, 0.1) is 0 Å². The monoisotopic (exact) mass is 631 g/mol. The molecule has 1 atom stereocenters. The number of nitrogens with zero attached hydrogens (tertiary/aromatic N) is 1. The van der Waals surface area contributed by atoms with Crippen LogP contribution >= 0.6 is 7.60 Å². The minimum absolute atomic E-state index is 0.0254. The zero-order valence-corrected chi connectivity index (χ0v) is 26.5. The van der Waals surface area contributed by atoms with Gasteiger partial charge < -0.3 is 18.5 Å². The van der Waals surface area contributed by atoms with Gasteiger partial charge in [-0.3, -0.25) is 9.40 Å². The number of rotatable bonds is 12. The van der Waals surface area contributed by atoms with Gasteiger partial charge in [0.05, 0.1) is 13.2 Å². The molecule has 1 amide bonds. The first-order valence-electron chi connectivity index (χ1n) is 14.6. The van der Waals surface area contributed by atoms with Gasteiger partial charge in [-0.25, -0.2) is 9.59 Å². The highest BCUT2D eigenvalue weighted by atomic mass is 31.2. The number of benzene rings is 4. The molecular weight excluding hydrogens is 593 g/mol. The van der Waals surface area contributed by atoms with Crippen molar-refractivity contribution >= 4 is 19.8 Å². The molecule has 9 nitrogen and oxygen atoms in total. The predicted molar refractivity (Wildman–Crippen MR) is 170 cm³/mol. The van der Waals surface area contributed by atoms with Crippen LogP contribution in [0.4, 0.5) is 9.59 Å². The number of carbonyl (C=O) groups is 2. The molecule has 0 saturated carbocycles. The molecule has 0 spiro atoms. The van der Waals surface area contributed by atoms with Gasteiger partial charge in [-0.05, 0) is 62.4 Å². The van der Waals surface area contributed by atoms with Gasteiger partial charge in [0.25, 0.3) is 0 Å². The molecular formula is C35H38NO8P. The van der Waals surface area contributed by atoms with Crippen molar-refractivity contribution in [1.29, 1.82) is 0 Å². The maximum atomic E-state index is 15.0. The van der Waals surface area contributed by atoms with Crippen molar-refractivity contribution in [2.45, 2.75) is 58.2 Å². The van der Waals surface area contributed by atoms with Crippen molar-refractivity contribution in [3.05, 3.63) is 138 Å². The van der Waals surface area contributed by atoms with Gasteiger partial charge in [0, 0.05) is 0 Å². The van der Waals surface area contributed by atoms with Crippen LogP contribution < -0.4 is 4.74 Å². The van der Waals surface area contributed by atoms with Crippen LogP contribution in [0.5, 0.6) is 5.75 Å². The van der Waals surface area contributed by atoms with Gasteiger partial charge in [-0.15, -0.1) is 5.06 Å². The SMILES string of the molecule is CC(C)(C)OC(=O)ON(C(=O)Oc1ccccc1)C(CCc1ccccc1)P(=O)(OCc1ccccc1)OCc1ccccc1. The van der Waals surface area contributed by atoms with E-state index in [9.17, 15) is 9.59 Å². The minimum Gasteiger partial charge on any atom is -0.427 e. The number of amides is 1. The summed E-state index contributed by atoms with van der Waals surface area (Å²) < 4.78 is 38.2. The average molecular weight is 632 g/mol. The van der Waals surface area contributed by atoms with E-state index >= 15 is 4.57 Å². The summed E-state index contributed by atoms with van der Waals surface area (Å²) in [5.74, 6) is -1.24. The molecule has 236 valence electrons. The van der Waals surface area contributed by atoms with Crippen LogP contribution in [0.3, 0.4) is 0 Å². The summed E-state index contributed by atoms with van der Waals surface area (Å²) in [6.45, 7) is 4.78. The molecule has 0 aliphatic rings. The van der Waals surface area contributed by atoms with E-state index in [-0.39, 0.29) is 25.4 Å². The molecule has 4 rings (SSSR count). The van der Waals surface area contributed by atoms with Crippen LogP contribution in [-0.2, 0) is 42.8 Å². The molecule has 0 fully saturated rings. The third-order valence-electron chi connectivity index (χ3n) is 6.37. The van der Waals surface area contributed by atoms with Crippen molar-refractivity contribution in [1.82, 2.24) is 5.06 Å². The number of carbonyl (C=O) groups excluding carboxylic acids is 2. The Hall–Kier alpha value is -4.43. The molecule has 0 aliphatic carbocycles. The lowest BCUT2D eigenvalue weighted by Crippen LogP contribution is -2.45. The van der Waals surface area contributed by atoms with Crippen LogP contribution in [-0.4, -0.2) is 28.7 Å². The third kappa shape index (κ3) is 10.9. The summed E-state index contributed by atoms with van der Waals surface area (Å²) in [5, 5.41) is 0.626. The Morgan fingerprint density at radius 3 is 1.60 bits per heavy atom. The highest BCUT2D eigenvalue weighted by Gasteiger charge is 2.46. The standard InChI is InChI=1S/C35H38NO8P/c1-35(2,3)43-34(38)44-36(33(37)42-31-22-14-7-15-23-31)32(25-24-28-16-8-4-9-17-28)45(39,40-26-29-18-10-5-11-19-29)41-27-30-20-12-6-13-21-30/h4-23,32H,24-27H2,1-3H3. The zero-order valence-electron chi connectivity index (χ0n) is 25.6. The van der Waals surface area contributed by atoms with Crippen LogP contribution in [0.15, 0.2) is 121 Å². The third-order valence-corrected chi connectivity index (χ3v) is 8.54. The number of ether oxygens (including phenoxy) is 2. The quantitative estimate of drug-likeness (QED) is 0.0868. The first kappa shape index (κ1) is 33.5. The van der Waals surface area contributed by atoms with Crippen LogP contribution in [0.25, 0.3) is 0 Å². The van der Waals surface area contributed by atoms with Gasteiger partial charge in [0.15, 0.2) is 5.78 Å². The second-order valence-electron chi connectivity index (χ2n) is 11.1. The molecule has 1 unspecified atom stereocenters. The Balaban J connectivity index is 1.75. The first-order chi connectivity index (χ1) is 21.6. The Bertz CT molecular complexity index is 1480. The summed E-state index contributed by atoms with van der Waals surface area (Å²) in [5.41, 5.74) is 1.42. The zero-order chi connectivity index (χ0) is 32.1. The van der Waals surface area contributed by atoms with E-state index in [4.69, 9.17) is 23.4 Å². The molecule has 0 heterocycles. The largest absolute Gasteiger partial charge is 0.534 e. The summed E-state index contributed by atoms with van der Waals surface area (Å²) in [6.07, 6.45) is -1.92. The van der Waals surface area contributed by atoms with Crippen molar-refractivity contribution < 1.29 is 37.5 Å². The number of hydrogen-bond acceptors (Lipinski definition) is 8. The van der Waals surface area contributed by atoms with Gasteiger partial charge >= 0.3 is 19.8 Å². The second-order valence-corrected chi connectivity index (χ2v) is 13.3. The van der Waals surface area contributed by atoms with Crippen molar-refractivity contribution in [2.24, 2.45) is 0 Å². The fourth-order valence-electron chi connectivity index (χ4n) is 4.23. The van der Waals surface area contributed by atoms with E-state index in [2.05, 4.69) is 0 Å². The highest BCUT2D eigenvalue weighted by Crippen LogP contribution is 2.57. The lowest BCUT2D eigenvalue weighted by molar-refractivity contribution is -0.132. The van der Waals surface area contributed by atoms with E-state index in [1.807, 2.05) is 91.0 Å². The fraction of sp³-hybridized carbons (Fsp3) is 0.257.